The van der Waals surface area contributed by atoms with E-state index < -0.39 is 11.4 Å². The number of nitrogens with one attached hydrogen (secondary N) is 2. The van der Waals surface area contributed by atoms with Crippen molar-refractivity contribution in [1.82, 2.24) is 19.9 Å². The van der Waals surface area contributed by atoms with E-state index in [9.17, 15) is 14.0 Å². The first kappa shape index (κ1) is 19.9. The van der Waals surface area contributed by atoms with Crippen LogP contribution in [0.25, 0.3) is 16.6 Å². The van der Waals surface area contributed by atoms with Crippen molar-refractivity contribution < 1.29 is 9.18 Å². The van der Waals surface area contributed by atoms with E-state index in [0.717, 1.165) is 5.56 Å². The Hall–Kier alpha value is -3.36. The molecule has 0 aliphatic heterocycles. The third-order valence-electron chi connectivity index (χ3n) is 4.50. The molecule has 9 heteroatoms. The molecule has 0 saturated carbocycles. The smallest absolute Gasteiger partial charge is 0.266 e. The average Bonchev–Trinajstić information content (AvgIpc) is 2.75. The fourth-order valence-corrected chi connectivity index (χ4v) is 3.48. The summed E-state index contributed by atoms with van der Waals surface area (Å²) in [5, 5.41) is 3.02. The number of aromatic amines is 1. The van der Waals surface area contributed by atoms with E-state index >= 15 is 0 Å². The van der Waals surface area contributed by atoms with Crippen LogP contribution >= 0.6 is 23.8 Å². The zero-order chi connectivity index (χ0) is 21.3. The lowest BCUT2D eigenvalue weighted by molar-refractivity contribution is 0.0951. The van der Waals surface area contributed by atoms with Crippen LogP contribution in [0.2, 0.25) is 5.02 Å². The molecule has 0 atom stereocenters. The number of nitrogens with zero attached hydrogens (tertiary/aromatic N) is 2. The lowest BCUT2D eigenvalue weighted by Crippen LogP contribution is -2.24. The number of benzene rings is 2. The molecule has 0 unspecified atom stereocenters. The van der Waals surface area contributed by atoms with E-state index in [0.29, 0.717) is 28.7 Å². The third-order valence-corrected chi connectivity index (χ3v) is 5.07. The van der Waals surface area contributed by atoms with E-state index in [1.165, 1.54) is 22.8 Å². The SMILES string of the molecule is O=C(NCc1cccnc1)c1ccc2c(=O)n(-c3ccc(F)c(Cl)c3)c(=S)[nH]c2c1. The number of hydrogen-bond acceptors (Lipinski definition) is 4. The van der Waals surface area contributed by atoms with Gasteiger partial charge in [-0.3, -0.25) is 19.1 Å². The molecule has 2 heterocycles. The van der Waals surface area contributed by atoms with Crippen LogP contribution in [-0.4, -0.2) is 20.4 Å². The highest BCUT2D eigenvalue weighted by Gasteiger charge is 2.12. The highest BCUT2D eigenvalue weighted by Crippen LogP contribution is 2.19. The first-order valence-electron chi connectivity index (χ1n) is 8.85. The van der Waals surface area contributed by atoms with Gasteiger partial charge in [0, 0.05) is 24.5 Å². The van der Waals surface area contributed by atoms with Crippen LogP contribution in [-0.2, 0) is 6.54 Å². The number of rotatable bonds is 4. The maximum absolute atomic E-state index is 13.5. The Bertz CT molecular complexity index is 1390. The highest BCUT2D eigenvalue weighted by atomic mass is 35.5. The molecule has 6 nitrogen and oxygen atoms in total. The molecule has 1 amide bonds. The van der Waals surface area contributed by atoms with Crippen molar-refractivity contribution in [3.63, 3.8) is 0 Å². The summed E-state index contributed by atoms with van der Waals surface area (Å²) in [6.45, 7) is 0.327. The molecule has 2 aromatic carbocycles. The molecular formula is C21H14ClFN4O2S. The van der Waals surface area contributed by atoms with Crippen molar-refractivity contribution in [2.24, 2.45) is 0 Å². The molecule has 0 spiro atoms. The molecule has 0 fully saturated rings. The Morgan fingerprint density at radius 1 is 1.23 bits per heavy atom. The highest BCUT2D eigenvalue weighted by molar-refractivity contribution is 7.71. The van der Waals surface area contributed by atoms with Gasteiger partial charge in [-0.05, 0) is 60.2 Å². The molecular weight excluding hydrogens is 427 g/mol. The number of fused-ring (bicyclic) bond motifs is 1. The molecule has 0 bridgehead atoms. The van der Waals surface area contributed by atoms with Crippen molar-refractivity contribution in [3.8, 4) is 5.69 Å². The average molecular weight is 441 g/mol. The van der Waals surface area contributed by atoms with Crippen LogP contribution in [0.1, 0.15) is 15.9 Å². The number of hydrogen-bond donors (Lipinski definition) is 2. The van der Waals surface area contributed by atoms with Gasteiger partial charge < -0.3 is 10.3 Å². The summed E-state index contributed by atoms with van der Waals surface area (Å²) in [6, 6.07) is 12.2. The Kier molecular flexibility index (Phi) is 5.43. The van der Waals surface area contributed by atoms with E-state index in [4.69, 9.17) is 23.8 Å². The zero-order valence-corrected chi connectivity index (χ0v) is 16.9. The molecule has 150 valence electrons. The Morgan fingerprint density at radius 3 is 2.80 bits per heavy atom. The maximum Gasteiger partial charge on any atom is 0.266 e. The summed E-state index contributed by atoms with van der Waals surface area (Å²) in [4.78, 5) is 32.4. The standard InChI is InChI=1S/C21H14ClFN4O2S/c22-16-9-14(4-6-17(16)23)27-20(29)15-5-3-13(8-18(15)26-21(27)30)19(28)25-11-12-2-1-7-24-10-12/h1-10H,11H2,(H,25,28)(H,26,30). The number of carbonyl (C=O) groups is 1. The summed E-state index contributed by atoms with van der Waals surface area (Å²) >= 11 is 11.1. The quantitative estimate of drug-likeness (QED) is 0.467. The van der Waals surface area contributed by atoms with Crippen molar-refractivity contribution >= 4 is 40.6 Å². The van der Waals surface area contributed by atoms with E-state index in [1.807, 2.05) is 6.07 Å². The van der Waals surface area contributed by atoms with Crippen molar-refractivity contribution in [2.45, 2.75) is 6.54 Å². The van der Waals surface area contributed by atoms with Gasteiger partial charge in [0.2, 0.25) is 0 Å². The van der Waals surface area contributed by atoms with E-state index in [2.05, 4.69) is 15.3 Å². The van der Waals surface area contributed by atoms with E-state index in [1.54, 1.807) is 36.7 Å². The first-order valence-corrected chi connectivity index (χ1v) is 9.64. The van der Waals surface area contributed by atoms with Gasteiger partial charge in [-0.2, -0.15) is 0 Å². The summed E-state index contributed by atoms with van der Waals surface area (Å²) in [5.74, 6) is -0.888. The molecule has 0 saturated heterocycles. The second-order valence-corrected chi connectivity index (χ2v) is 7.27. The summed E-state index contributed by atoms with van der Waals surface area (Å²) in [6.07, 6.45) is 3.33. The fourth-order valence-electron chi connectivity index (χ4n) is 3.00. The number of pyridine rings is 1. The number of aromatic nitrogens is 3. The van der Waals surface area contributed by atoms with Gasteiger partial charge in [0.25, 0.3) is 11.5 Å². The van der Waals surface area contributed by atoms with Gasteiger partial charge >= 0.3 is 0 Å². The maximum atomic E-state index is 13.5. The Morgan fingerprint density at radius 2 is 2.07 bits per heavy atom. The second-order valence-electron chi connectivity index (χ2n) is 6.47. The van der Waals surface area contributed by atoms with Gasteiger partial charge in [0.15, 0.2) is 4.77 Å². The van der Waals surface area contributed by atoms with Gasteiger partial charge in [0.1, 0.15) is 5.82 Å². The summed E-state index contributed by atoms with van der Waals surface area (Å²) in [5.41, 5.74) is 1.60. The van der Waals surface area contributed by atoms with Gasteiger partial charge in [-0.25, -0.2) is 4.39 Å². The number of H-pyrrole nitrogens is 1. The lowest BCUT2D eigenvalue weighted by atomic mass is 10.1. The van der Waals surface area contributed by atoms with Crippen LogP contribution in [0, 0.1) is 10.6 Å². The minimum atomic E-state index is -0.592. The minimum absolute atomic E-state index is 0.100. The summed E-state index contributed by atoms with van der Waals surface area (Å²) in [7, 11) is 0. The monoisotopic (exact) mass is 440 g/mol. The second kappa shape index (κ2) is 8.17. The molecule has 4 rings (SSSR count). The fraction of sp³-hybridized carbons (Fsp3) is 0.0476. The minimum Gasteiger partial charge on any atom is -0.348 e. The zero-order valence-electron chi connectivity index (χ0n) is 15.4. The summed E-state index contributed by atoms with van der Waals surface area (Å²) < 4.78 is 14.8. The van der Waals surface area contributed by atoms with Gasteiger partial charge in [-0.15, -0.1) is 0 Å². The largest absolute Gasteiger partial charge is 0.348 e. The van der Waals surface area contributed by atoms with Gasteiger partial charge in [0.05, 0.1) is 21.6 Å². The van der Waals surface area contributed by atoms with Crippen LogP contribution in [0.3, 0.4) is 0 Å². The molecule has 30 heavy (non-hydrogen) atoms. The van der Waals surface area contributed by atoms with Crippen LogP contribution in [0.4, 0.5) is 4.39 Å². The van der Waals surface area contributed by atoms with Crippen LogP contribution in [0.15, 0.2) is 65.7 Å². The molecule has 0 aliphatic rings. The predicted octanol–water partition coefficient (Wildman–Crippen LogP) is 4.17. The number of amides is 1. The Labute approximate surface area is 180 Å². The molecule has 0 aliphatic carbocycles. The predicted molar refractivity (Wildman–Crippen MR) is 115 cm³/mol. The lowest BCUT2D eigenvalue weighted by Gasteiger charge is -2.10. The van der Waals surface area contributed by atoms with Crippen LogP contribution in [0.5, 0.6) is 0 Å². The molecule has 0 radical (unpaired) electrons. The third kappa shape index (κ3) is 3.87. The topological polar surface area (TPSA) is 79.8 Å². The Balaban J connectivity index is 1.69. The van der Waals surface area contributed by atoms with Crippen molar-refractivity contribution in [3.05, 3.63) is 98.0 Å². The molecule has 2 N–H and O–H groups in total. The van der Waals surface area contributed by atoms with Crippen molar-refractivity contribution in [2.75, 3.05) is 0 Å². The molecule has 4 aromatic rings. The van der Waals surface area contributed by atoms with E-state index in [-0.39, 0.29) is 15.7 Å². The van der Waals surface area contributed by atoms with Gasteiger partial charge in [-0.1, -0.05) is 17.7 Å². The number of carbonyl (C=O) groups excluding carboxylic acids is 1. The normalized spacial score (nSPS) is 10.9. The first-order chi connectivity index (χ1) is 14.4. The van der Waals surface area contributed by atoms with Crippen LogP contribution < -0.4 is 10.9 Å². The number of halogens is 2. The van der Waals surface area contributed by atoms with Crippen molar-refractivity contribution in [1.29, 1.82) is 0 Å². The molecule has 2 aromatic heterocycles.